The molecule has 12 aliphatic rings. The Kier molecular flexibility index (Phi) is 16.6. The number of ether oxygens (including phenoxy) is 2. The summed E-state index contributed by atoms with van der Waals surface area (Å²) in [5.74, 6) is 0.593. The molecule has 0 spiro atoms. The van der Waals surface area contributed by atoms with E-state index in [-0.39, 0.29) is 97.1 Å². The quantitative estimate of drug-likeness (QED) is 0.139. The second kappa shape index (κ2) is 20.4. The molecule has 21 heteroatoms. The number of piperidine rings is 2. The van der Waals surface area contributed by atoms with Crippen molar-refractivity contribution in [2.24, 2.45) is 57.8 Å². The summed E-state index contributed by atoms with van der Waals surface area (Å²) < 4.78 is 16.4. The molecular formula is C46H76BClKN6O12. The SMILES string of the molecule is CC(C)(C)OC(=O)NC(C(=O)N1[C@H](C(N)=O)C[C@@H]2C[C@@H]21)C12CC3CC(CC(O)(C3)C1)C2.CC(C)(C)OC(=O)N[C@H](C(=O)O)C12CC3CC(CC(O)(C3)C1)C2.Cl.NC(=O)C1C[C@@H]2C[C@@H]2N1.[3H][B]O.[H-].[K+]. The van der Waals surface area contributed by atoms with Gasteiger partial charge >= 0.3 is 69.5 Å². The fourth-order valence-electron chi connectivity index (χ4n) is 14.8. The van der Waals surface area contributed by atoms with E-state index in [0.717, 1.165) is 83.0 Å². The van der Waals surface area contributed by atoms with Crippen molar-refractivity contribution in [3.8, 4) is 0 Å². The first-order valence-electron chi connectivity index (χ1n) is 24.3. The number of rotatable bonds is 8. The Hall–Kier alpha value is -1.75. The van der Waals surface area contributed by atoms with E-state index >= 15 is 0 Å². The number of nitrogens with two attached hydrogens (primary N) is 2. The molecule has 10 aliphatic carbocycles. The summed E-state index contributed by atoms with van der Waals surface area (Å²) in [4.78, 5) is 75.0. The fraction of sp³-hybridized carbons (Fsp3) is 0.870. The number of hydrogen-bond donors (Lipinski definition) is 9. The molecule has 12 rings (SSSR count). The number of alkyl carbamates (subject to hydrolysis) is 2. The second-order valence-corrected chi connectivity index (χ2v) is 24.0. The molecule has 0 aromatic carbocycles. The summed E-state index contributed by atoms with van der Waals surface area (Å²) in [6.07, 6.45) is 11.7. The molecule has 67 heavy (non-hydrogen) atoms. The summed E-state index contributed by atoms with van der Waals surface area (Å²) in [5.41, 5.74) is 6.76. The minimum absolute atomic E-state index is 0. The van der Waals surface area contributed by atoms with E-state index in [1.165, 1.54) is 6.42 Å². The molecule has 5 amide bonds. The normalized spacial score (nSPS) is 40.2. The number of nitrogens with zero attached hydrogens (tertiary/aromatic N) is 1. The van der Waals surface area contributed by atoms with Gasteiger partial charge < -0.3 is 63.6 Å². The predicted molar refractivity (Wildman–Crippen MR) is 245 cm³/mol. The maximum Gasteiger partial charge on any atom is 1.00 e. The zero-order chi connectivity index (χ0) is 48.5. The predicted octanol–water partition coefficient (Wildman–Crippen LogP) is -0.464. The van der Waals surface area contributed by atoms with Gasteiger partial charge in [0, 0.05) is 24.2 Å². The van der Waals surface area contributed by atoms with Crippen LogP contribution in [0, 0.1) is 46.3 Å². The number of aliphatic carboxylic acids is 1. The van der Waals surface area contributed by atoms with Gasteiger partial charge in [-0.05, 0) is 180 Å². The molecule has 11 N–H and O–H groups in total. The van der Waals surface area contributed by atoms with Gasteiger partial charge in [-0.3, -0.25) is 14.4 Å². The van der Waals surface area contributed by atoms with Gasteiger partial charge in [0.25, 0.3) is 8.01 Å². The Morgan fingerprint density at radius 3 is 1.49 bits per heavy atom. The zero-order valence-corrected chi connectivity index (χ0v) is 44.3. The van der Waals surface area contributed by atoms with E-state index in [2.05, 4.69) is 16.0 Å². The van der Waals surface area contributed by atoms with Crippen molar-refractivity contribution >= 4 is 56.3 Å². The largest absolute Gasteiger partial charge is 1.00 e. The van der Waals surface area contributed by atoms with Crippen LogP contribution in [0.2, 0.25) is 0 Å². The molecule has 2 heterocycles. The van der Waals surface area contributed by atoms with Crippen molar-refractivity contribution in [1.82, 2.24) is 20.9 Å². The van der Waals surface area contributed by atoms with Crippen LogP contribution in [0.15, 0.2) is 0 Å². The van der Waals surface area contributed by atoms with E-state index in [0.29, 0.717) is 54.9 Å². The number of aliphatic hydroxyl groups is 2. The standard InChI is InChI=1S/C23H35N3O5.C17H27NO5.C6H10N2O.BH2O.ClH.K.H/c1-21(2,3)31-20(29)25-17(19(28)26-15-5-14(15)6-16(26)18(24)27)22-7-12-4-13(8-22)10-23(30,9-12)11-22;1-15(2,3)23-14(21)18-12(13(19)20)16-5-10-4-11(6-16)8-17(22,7-10)9-16;7-6(9)5-2-3-1-4(3)8-5;1-2;;;/h12-17,30H,4-11H2,1-3H3,(H2,24,27)(H,25,29);10-12,22H,4-9H2,1-3H3,(H,18,21)(H,19,20);3-5,8H,1-2H2,(H2,7,9);1-2H;1H;;/q;;;;;+1;-1/t12?,13?,14-,15-,16-,17?,22?,23?;10?,11?,12-,16?,17?;3-,4-,5?;;;;/m010..../s1/i;;;1T;;;. The van der Waals surface area contributed by atoms with Crippen molar-refractivity contribution in [2.45, 2.75) is 203 Å². The number of primary amides is 2. The van der Waals surface area contributed by atoms with Crippen LogP contribution in [0.5, 0.6) is 0 Å². The van der Waals surface area contributed by atoms with Crippen molar-refractivity contribution in [3.63, 3.8) is 0 Å². The number of nitrogens with one attached hydrogen (secondary N) is 3. The first-order chi connectivity index (χ1) is 30.6. The molecule has 373 valence electrons. The van der Waals surface area contributed by atoms with E-state index in [1.807, 2.05) is 0 Å². The molecule has 8 bridgehead atoms. The first-order valence-corrected chi connectivity index (χ1v) is 23.7. The summed E-state index contributed by atoms with van der Waals surface area (Å²) in [7, 11) is 0.250. The molecule has 12 atom stereocenters. The first kappa shape index (κ1) is 54.6. The van der Waals surface area contributed by atoms with Gasteiger partial charge in [-0.15, -0.1) is 12.4 Å². The third-order valence-corrected chi connectivity index (χ3v) is 16.1. The zero-order valence-electron chi connectivity index (χ0n) is 42.4. The number of fused-ring (bicyclic) bond motifs is 2. The number of carbonyl (C=O) groups excluding carboxylic acids is 5. The second-order valence-electron chi connectivity index (χ2n) is 24.0. The Balaban J connectivity index is 0.000000239. The van der Waals surface area contributed by atoms with Gasteiger partial charge in [-0.2, -0.15) is 0 Å². The number of carboxylic acids is 1. The van der Waals surface area contributed by atoms with E-state index in [4.69, 9.17) is 27.3 Å². The minimum atomic E-state index is -1.04. The molecule has 6 unspecified atom stereocenters. The number of carbonyl (C=O) groups is 6. The number of carboxylic acid groups (broad SMARTS) is 1. The Morgan fingerprint density at radius 2 is 1.15 bits per heavy atom. The van der Waals surface area contributed by atoms with Crippen molar-refractivity contribution in [1.29, 1.82) is 1.34 Å². The van der Waals surface area contributed by atoms with Gasteiger partial charge in [0.1, 0.15) is 29.3 Å². The molecule has 0 aromatic rings. The summed E-state index contributed by atoms with van der Waals surface area (Å²) in [5, 5.41) is 47.5. The topological polar surface area (TPSA) is 293 Å². The van der Waals surface area contributed by atoms with E-state index in [1.54, 1.807) is 46.4 Å². The van der Waals surface area contributed by atoms with E-state index in [9.17, 15) is 44.1 Å². The van der Waals surface area contributed by atoms with Crippen LogP contribution in [-0.2, 0) is 28.7 Å². The van der Waals surface area contributed by atoms with Crippen molar-refractivity contribution < 1.29 is 111 Å². The summed E-state index contributed by atoms with van der Waals surface area (Å²) in [6.45, 7) is 10.6. The third kappa shape index (κ3) is 12.7. The Bertz CT molecular complexity index is 1890. The molecule has 2 saturated heterocycles. The fourth-order valence-corrected chi connectivity index (χ4v) is 14.8. The Morgan fingerprint density at radius 1 is 0.716 bits per heavy atom. The molecule has 2 aliphatic heterocycles. The van der Waals surface area contributed by atoms with Crippen LogP contribution in [-0.4, -0.2) is 129 Å². The van der Waals surface area contributed by atoms with Crippen LogP contribution in [0.25, 0.3) is 0 Å². The van der Waals surface area contributed by atoms with Crippen LogP contribution in [0.3, 0.4) is 0 Å². The van der Waals surface area contributed by atoms with Crippen LogP contribution >= 0.6 is 12.4 Å². The van der Waals surface area contributed by atoms with Crippen molar-refractivity contribution in [2.75, 3.05) is 0 Å². The van der Waals surface area contributed by atoms with Gasteiger partial charge in [0.15, 0.2) is 0 Å². The number of amides is 5. The summed E-state index contributed by atoms with van der Waals surface area (Å²) in [6, 6.07) is -1.80. The maximum absolute atomic E-state index is 14.0. The average molecular weight is 993 g/mol. The van der Waals surface area contributed by atoms with Crippen LogP contribution in [0.1, 0.15) is 146 Å². The molecule has 10 saturated carbocycles. The molecular weight excluding hydrogens is 914 g/mol. The van der Waals surface area contributed by atoms with Crippen LogP contribution in [0.4, 0.5) is 9.59 Å². The Labute approximate surface area is 447 Å². The van der Waals surface area contributed by atoms with Gasteiger partial charge in [-0.1, -0.05) is 0 Å². The number of hydrogen-bond acceptors (Lipinski definition) is 12. The monoisotopic (exact) mass is 992 g/mol. The maximum atomic E-state index is 14.0. The molecule has 1 radical (unpaired) electrons. The molecule has 12 fully saturated rings. The van der Waals surface area contributed by atoms with Crippen molar-refractivity contribution in [3.05, 3.63) is 0 Å². The van der Waals surface area contributed by atoms with Crippen LogP contribution < -0.4 is 78.8 Å². The third-order valence-electron chi connectivity index (χ3n) is 16.1. The molecule has 18 nitrogen and oxygen atoms in total. The smallest absolute Gasteiger partial charge is 1.00 e. The van der Waals surface area contributed by atoms with Gasteiger partial charge in [0.05, 0.1) is 17.2 Å². The minimum Gasteiger partial charge on any atom is -1.00 e. The number of halogens is 1. The van der Waals surface area contributed by atoms with Gasteiger partial charge in [-0.25, -0.2) is 14.4 Å². The number of likely N-dealkylation sites (tertiary alicyclic amines) is 1. The summed E-state index contributed by atoms with van der Waals surface area (Å²) >= 11 is 0. The van der Waals surface area contributed by atoms with E-state index < -0.39 is 75.4 Å². The van der Waals surface area contributed by atoms with Gasteiger partial charge in [0.2, 0.25) is 17.7 Å². The average Bonchev–Trinajstić information content (AvgIpc) is 4.00. The molecule has 0 aromatic heterocycles.